The Kier molecular flexibility index (Phi) is 3.97. The molecule has 0 aliphatic carbocycles. The van der Waals surface area contributed by atoms with Gasteiger partial charge in [-0.1, -0.05) is 51.8 Å². The molecule has 0 radical (unpaired) electrons. The Morgan fingerprint density at radius 2 is 1.94 bits per heavy atom. The first-order valence-electron chi connectivity index (χ1n) is 5.76. The van der Waals surface area contributed by atoms with Crippen LogP contribution in [0, 0.1) is 6.92 Å². The second kappa shape index (κ2) is 5.48. The Morgan fingerprint density at radius 3 is 2.65 bits per heavy atom. The maximum absolute atomic E-state index is 5.60. The van der Waals surface area contributed by atoms with Gasteiger partial charge in [0.25, 0.3) is 0 Å². The van der Waals surface area contributed by atoms with E-state index in [4.69, 9.17) is 5.73 Å². The average Bonchev–Trinajstić information content (AvgIpc) is 2.32. The van der Waals surface area contributed by atoms with Crippen molar-refractivity contribution >= 4 is 15.9 Å². The SMILES string of the molecule is Cc1cccc(-c2cc(CCN)ccc2Br)c1. The fourth-order valence-corrected chi connectivity index (χ4v) is 2.40. The minimum absolute atomic E-state index is 0.689. The molecule has 0 heterocycles. The van der Waals surface area contributed by atoms with Crippen molar-refractivity contribution < 1.29 is 0 Å². The lowest BCUT2D eigenvalue weighted by molar-refractivity contribution is 0.969. The molecule has 0 spiro atoms. The number of hydrogen-bond acceptors (Lipinski definition) is 1. The maximum Gasteiger partial charge on any atom is 0.0253 e. The zero-order valence-electron chi connectivity index (χ0n) is 9.91. The summed E-state index contributed by atoms with van der Waals surface area (Å²) in [6.45, 7) is 2.80. The van der Waals surface area contributed by atoms with E-state index in [-0.39, 0.29) is 0 Å². The van der Waals surface area contributed by atoms with Gasteiger partial charge >= 0.3 is 0 Å². The van der Waals surface area contributed by atoms with E-state index >= 15 is 0 Å². The van der Waals surface area contributed by atoms with Crippen LogP contribution in [0.2, 0.25) is 0 Å². The van der Waals surface area contributed by atoms with Gasteiger partial charge in [0.15, 0.2) is 0 Å². The van der Waals surface area contributed by atoms with Gasteiger partial charge in [-0.3, -0.25) is 0 Å². The molecule has 0 bridgehead atoms. The van der Waals surface area contributed by atoms with Gasteiger partial charge in [0.05, 0.1) is 0 Å². The van der Waals surface area contributed by atoms with Crippen molar-refractivity contribution in [1.82, 2.24) is 0 Å². The Hall–Kier alpha value is -1.12. The normalized spacial score (nSPS) is 10.5. The predicted molar refractivity (Wildman–Crippen MR) is 77.1 cm³/mol. The Balaban J connectivity index is 2.46. The number of halogens is 1. The largest absolute Gasteiger partial charge is 0.330 e. The number of aryl methyl sites for hydroxylation is 1. The molecule has 88 valence electrons. The van der Waals surface area contributed by atoms with Crippen molar-refractivity contribution in [1.29, 1.82) is 0 Å². The molecule has 0 unspecified atom stereocenters. The first kappa shape index (κ1) is 12.3. The van der Waals surface area contributed by atoms with E-state index in [1.165, 1.54) is 22.3 Å². The van der Waals surface area contributed by atoms with Crippen molar-refractivity contribution in [3.8, 4) is 11.1 Å². The highest BCUT2D eigenvalue weighted by Gasteiger charge is 2.04. The Morgan fingerprint density at radius 1 is 1.12 bits per heavy atom. The maximum atomic E-state index is 5.60. The lowest BCUT2D eigenvalue weighted by Gasteiger charge is -2.08. The van der Waals surface area contributed by atoms with Gasteiger partial charge in [-0.05, 0) is 48.7 Å². The van der Waals surface area contributed by atoms with Gasteiger partial charge in [-0.25, -0.2) is 0 Å². The minimum atomic E-state index is 0.689. The van der Waals surface area contributed by atoms with Crippen molar-refractivity contribution in [3.05, 3.63) is 58.1 Å². The molecule has 0 fully saturated rings. The van der Waals surface area contributed by atoms with Crippen LogP contribution in [0.4, 0.5) is 0 Å². The van der Waals surface area contributed by atoms with Gasteiger partial charge in [0.1, 0.15) is 0 Å². The van der Waals surface area contributed by atoms with Gasteiger partial charge in [-0.2, -0.15) is 0 Å². The fraction of sp³-hybridized carbons (Fsp3) is 0.200. The Labute approximate surface area is 111 Å². The van der Waals surface area contributed by atoms with E-state index in [2.05, 4.69) is 65.3 Å². The highest BCUT2D eigenvalue weighted by molar-refractivity contribution is 9.10. The van der Waals surface area contributed by atoms with Crippen LogP contribution in [-0.4, -0.2) is 6.54 Å². The topological polar surface area (TPSA) is 26.0 Å². The summed E-state index contributed by atoms with van der Waals surface area (Å²) < 4.78 is 1.13. The lowest BCUT2D eigenvalue weighted by atomic mass is 10.0. The summed E-state index contributed by atoms with van der Waals surface area (Å²) in [6, 6.07) is 15.0. The molecule has 2 rings (SSSR count). The molecular formula is C15H16BrN. The highest BCUT2D eigenvalue weighted by atomic mass is 79.9. The molecule has 0 saturated carbocycles. The number of nitrogens with two attached hydrogens (primary N) is 1. The molecule has 0 saturated heterocycles. The molecular weight excluding hydrogens is 274 g/mol. The molecule has 17 heavy (non-hydrogen) atoms. The molecule has 0 amide bonds. The molecule has 0 aromatic heterocycles. The standard InChI is InChI=1S/C15H16BrN/c1-11-3-2-4-13(9-11)14-10-12(7-8-17)5-6-15(14)16/h2-6,9-10H,7-8,17H2,1H3. The summed E-state index contributed by atoms with van der Waals surface area (Å²) >= 11 is 3.61. The number of hydrogen-bond donors (Lipinski definition) is 1. The second-order valence-corrected chi connectivity index (χ2v) is 5.08. The third-order valence-corrected chi connectivity index (χ3v) is 3.48. The van der Waals surface area contributed by atoms with E-state index in [0.717, 1.165) is 10.9 Å². The predicted octanol–water partition coefficient (Wildman–Crippen LogP) is 3.93. The van der Waals surface area contributed by atoms with Gasteiger partial charge in [-0.15, -0.1) is 0 Å². The molecule has 0 aliphatic heterocycles. The number of benzene rings is 2. The van der Waals surface area contributed by atoms with E-state index in [9.17, 15) is 0 Å². The van der Waals surface area contributed by atoms with Crippen molar-refractivity contribution in [2.45, 2.75) is 13.3 Å². The van der Waals surface area contributed by atoms with Crippen molar-refractivity contribution in [2.75, 3.05) is 6.54 Å². The summed E-state index contributed by atoms with van der Waals surface area (Å²) in [4.78, 5) is 0. The first-order chi connectivity index (χ1) is 8.20. The minimum Gasteiger partial charge on any atom is -0.330 e. The van der Waals surface area contributed by atoms with E-state index in [0.29, 0.717) is 6.54 Å². The summed E-state index contributed by atoms with van der Waals surface area (Å²) in [5, 5.41) is 0. The second-order valence-electron chi connectivity index (χ2n) is 4.22. The summed E-state index contributed by atoms with van der Waals surface area (Å²) in [5.74, 6) is 0. The van der Waals surface area contributed by atoms with Crippen LogP contribution in [0.25, 0.3) is 11.1 Å². The quantitative estimate of drug-likeness (QED) is 0.910. The average molecular weight is 290 g/mol. The van der Waals surface area contributed by atoms with E-state index in [1.54, 1.807) is 0 Å². The summed E-state index contributed by atoms with van der Waals surface area (Å²) in [6.07, 6.45) is 0.923. The molecule has 2 aromatic carbocycles. The number of rotatable bonds is 3. The van der Waals surface area contributed by atoms with Gasteiger partial charge < -0.3 is 5.73 Å². The highest BCUT2D eigenvalue weighted by Crippen LogP contribution is 2.29. The third kappa shape index (κ3) is 2.96. The molecule has 1 nitrogen and oxygen atoms in total. The molecule has 2 heteroatoms. The zero-order chi connectivity index (χ0) is 12.3. The molecule has 2 aromatic rings. The van der Waals surface area contributed by atoms with E-state index in [1.807, 2.05) is 0 Å². The summed E-state index contributed by atoms with van der Waals surface area (Å²) in [5.41, 5.74) is 10.6. The summed E-state index contributed by atoms with van der Waals surface area (Å²) in [7, 11) is 0. The van der Waals surface area contributed by atoms with Crippen LogP contribution in [0.5, 0.6) is 0 Å². The zero-order valence-corrected chi connectivity index (χ0v) is 11.5. The van der Waals surface area contributed by atoms with Gasteiger partial charge in [0, 0.05) is 4.47 Å². The van der Waals surface area contributed by atoms with E-state index < -0.39 is 0 Å². The lowest BCUT2D eigenvalue weighted by Crippen LogP contribution is -2.02. The van der Waals surface area contributed by atoms with Crippen LogP contribution in [0.3, 0.4) is 0 Å². The monoisotopic (exact) mass is 289 g/mol. The van der Waals surface area contributed by atoms with Crippen LogP contribution in [0.15, 0.2) is 46.9 Å². The van der Waals surface area contributed by atoms with Crippen LogP contribution in [-0.2, 0) is 6.42 Å². The Bertz CT molecular complexity index is 520. The van der Waals surface area contributed by atoms with Crippen LogP contribution < -0.4 is 5.73 Å². The van der Waals surface area contributed by atoms with Gasteiger partial charge in [0.2, 0.25) is 0 Å². The molecule has 0 aliphatic rings. The third-order valence-electron chi connectivity index (χ3n) is 2.79. The first-order valence-corrected chi connectivity index (χ1v) is 6.55. The molecule has 2 N–H and O–H groups in total. The smallest absolute Gasteiger partial charge is 0.0253 e. The van der Waals surface area contributed by atoms with Crippen LogP contribution >= 0.6 is 15.9 Å². The van der Waals surface area contributed by atoms with Crippen molar-refractivity contribution in [2.24, 2.45) is 5.73 Å². The molecule has 0 atom stereocenters. The van der Waals surface area contributed by atoms with Crippen molar-refractivity contribution in [3.63, 3.8) is 0 Å². The fourth-order valence-electron chi connectivity index (χ4n) is 1.93. The van der Waals surface area contributed by atoms with Crippen LogP contribution in [0.1, 0.15) is 11.1 Å².